The molecule has 1 aromatic rings. The van der Waals surface area contributed by atoms with Crippen LogP contribution in [-0.4, -0.2) is 16.0 Å². The van der Waals surface area contributed by atoms with Crippen LogP contribution in [0.25, 0.3) is 0 Å². The van der Waals surface area contributed by atoms with Crippen molar-refractivity contribution in [3.63, 3.8) is 0 Å². The molecule has 0 amide bonds. The van der Waals surface area contributed by atoms with E-state index in [1.807, 2.05) is 0 Å². The smallest absolute Gasteiger partial charge is 0.280 e. The van der Waals surface area contributed by atoms with Gasteiger partial charge in [0.1, 0.15) is 5.69 Å². The van der Waals surface area contributed by atoms with Crippen molar-refractivity contribution in [3.05, 3.63) is 18.0 Å². The van der Waals surface area contributed by atoms with Crippen LogP contribution in [0.3, 0.4) is 0 Å². The molecule has 1 fully saturated rings. The molecule has 0 saturated heterocycles. The van der Waals surface area contributed by atoms with Gasteiger partial charge in [-0.15, -0.1) is 0 Å². The topological polar surface area (TPSA) is 37.8 Å². The van der Waals surface area contributed by atoms with Gasteiger partial charge in [0.2, 0.25) is 5.95 Å². The summed E-state index contributed by atoms with van der Waals surface area (Å²) in [6.45, 7) is 2.09. The lowest BCUT2D eigenvalue weighted by Gasteiger charge is -2.04. The molecule has 1 aliphatic carbocycles. The van der Waals surface area contributed by atoms with Crippen LogP contribution in [-0.2, 0) is 0 Å². The number of nitrogens with zero attached hydrogens (tertiary/aromatic N) is 2. The Hall–Kier alpha value is -1.26. The molecule has 2 unspecified atom stereocenters. The predicted molar refractivity (Wildman–Crippen MR) is 48.2 cm³/mol. The molecule has 76 valence electrons. The number of hydrogen-bond acceptors (Lipinski definition) is 3. The minimum absolute atomic E-state index is 0.226. The van der Waals surface area contributed by atoms with Gasteiger partial charge in [-0.05, 0) is 18.4 Å². The number of aromatic nitrogens is 2. The molecule has 1 saturated carbocycles. The quantitative estimate of drug-likeness (QED) is 0.811. The summed E-state index contributed by atoms with van der Waals surface area (Å²) in [6, 6.07) is 1.58. The van der Waals surface area contributed by atoms with Gasteiger partial charge in [-0.1, -0.05) is 6.92 Å². The van der Waals surface area contributed by atoms with Crippen molar-refractivity contribution in [1.29, 1.82) is 0 Å². The van der Waals surface area contributed by atoms with E-state index in [1.54, 1.807) is 0 Å². The predicted octanol–water partition coefficient (Wildman–Crippen LogP) is 2.23. The van der Waals surface area contributed by atoms with Crippen LogP contribution in [0.2, 0.25) is 0 Å². The lowest BCUT2D eigenvalue weighted by molar-refractivity contribution is 0.146. The summed E-state index contributed by atoms with van der Waals surface area (Å²) < 4.78 is 24.5. The third-order valence-corrected chi connectivity index (χ3v) is 2.32. The van der Waals surface area contributed by atoms with Crippen molar-refractivity contribution in [2.24, 2.45) is 5.92 Å². The maximum absolute atomic E-state index is 12.3. The molecule has 3 nitrogen and oxygen atoms in total. The average Bonchev–Trinajstić information content (AvgIpc) is 2.82. The van der Waals surface area contributed by atoms with Gasteiger partial charge in [-0.3, -0.25) is 0 Å². The second kappa shape index (κ2) is 3.48. The third-order valence-electron chi connectivity index (χ3n) is 2.32. The minimum Gasteiger partial charge on any atom is -0.351 e. The fraction of sp³-hybridized carbons (Fsp3) is 0.556. The number of rotatable bonds is 3. The summed E-state index contributed by atoms with van der Waals surface area (Å²) >= 11 is 0. The van der Waals surface area contributed by atoms with E-state index in [2.05, 4.69) is 22.2 Å². The maximum Gasteiger partial charge on any atom is 0.280 e. The van der Waals surface area contributed by atoms with Crippen molar-refractivity contribution in [3.8, 4) is 0 Å². The number of alkyl halides is 2. The number of halogens is 2. The highest BCUT2D eigenvalue weighted by molar-refractivity contribution is 5.29. The SMILES string of the molecule is CC1CC1Nc1nccc(C(F)F)n1. The maximum atomic E-state index is 12.3. The molecule has 0 spiro atoms. The van der Waals surface area contributed by atoms with Gasteiger partial charge in [-0.2, -0.15) is 0 Å². The van der Waals surface area contributed by atoms with E-state index in [1.165, 1.54) is 12.3 Å². The first kappa shape index (κ1) is 9.30. The van der Waals surface area contributed by atoms with Crippen molar-refractivity contribution in [1.82, 2.24) is 9.97 Å². The van der Waals surface area contributed by atoms with Gasteiger partial charge in [0.05, 0.1) is 0 Å². The van der Waals surface area contributed by atoms with Gasteiger partial charge >= 0.3 is 0 Å². The molecule has 14 heavy (non-hydrogen) atoms. The third kappa shape index (κ3) is 1.97. The summed E-state index contributed by atoms with van der Waals surface area (Å²) in [7, 11) is 0. The molecule has 0 radical (unpaired) electrons. The first-order valence-electron chi connectivity index (χ1n) is 4.54. The molecular formula is C9H11F2N3. The highest BCUT2D eigenvalue weighted by Gasteiger charge is 2.33. The summed E-state index contributed by atoms with van der Waals surface area (Å²) in [6.07, 6.45) is -0.123. The Balaban J connectivity index is 2.06. The van der Waals surface area contributed by atoms with Crippen LogP contribution in [0.15, 0.2) is 12.3 Å². The van der Waals surface area contributed by atoms with E-state index >= 15 is 0 Å². The average molecular weight is 199 g/mol. The van der Waals surface area contributed by atoms with Crippen LogP contribution in [0.4, 0.5) is 14.7 Å². The van der Waals surface area contributed by atoms with E-state index in [0.29, 0.717) is 17.9 Å². The molecule has 5 heteroatoms. The zero-order valence-electron chi connectivity index (χ0n) is 7.74. The Morgan fingerprint density at radius 3 is 2.86 bits per heavy atom. The molecule has 0 bridgehead atoms. The monoisotopic (exact) mass is 199 g/mol. The summed E-state index contributed by atoms with van der Waals surface area (Å²) in [5.41, 5.74) is -0.226. The van der Waals surface area contributed by atoms with Gasteiger partial charge in [-0.25, -0.2) is 18.7 Å². The van der Waals surface area contributed by atoms with Gasteiger partial charge in [0.15, 0.2) is 0 Å². The van der Waals surface area contributed by atoms with Crippen LogP contribution >= 0.6 is 0 Å². The molecular weight excluding hydrogens is 188 g/mol. The molecule has 2 atom stereocenters. The zero-order chi connectivity index (χ0) is 10.1. The Bertz CT molecular complexity index is 330. The highest BCUT2D eigenvalue weighted by Crippen LogP contribution is 2.31. The summed E-state index contributed by atoms with van der Waals surface area (Å²) in [5.74, 6) is 0.894. The van der Waals surface area contributed by atoms with E-state index in [0.717, 1.165) is 6.42 Å². The highest BCUT2D eigenvalue weighted by atomic mass is 19.3. The Morgan fingerprint density at radius 1 is 1.57 bits per heavy atom. The Kier molecular flexibility index (Phi) is 2.31. The molecule has 2 rings (SSSR count). The second-order valence-electron chi connectivity index (χ2n) is 3.57. The number of hydrogen-bond donors (Lipinski definition) is 1. The fourth-order valence-electron chi connectivity index (χ4n) is 1.25. The van der Waals surface area contributed by atoms with E-state index in [4.69, 9.17) is 0 Å². The molecule has 1 heterocycles. The molecule has 1 aliphatic rings. The van der Waals surface area contributed by atoms with Gasteiger partial charge in [0.25, 0.3) is 6.43 Å². The molecule has 0 aliphatic heterocycles. The lowest BCUT2D eigenvalue weighted by Crippen LogP contribution is -2.08. The van der Waals surface area contributed by atoms with E-state index in [-0.39, 0.29) is 5.69 Å². The van der Waals surface area contributed by atoms with E-state index < -0.39 is 6.43 Å². The standard InChI is InChI=1S/C9H11F2N3/c1-5-4-7(5)14-9-12-3-2-6(13-9)8(10)11/h2-3,5,7-8H,4H2,1H3,(H,12,13,14). The number of nitrogens with one attached hydrogen (secondary N) is 1. The normalized spacial score (nSPS) is 25.1. The molecule has 1 N–H and O–H groups in total. The van der Waals surface area contributed by atoms with Crippen molar-refractivity contribution in [2.75, 3.05) is 5.32 Å². The summed E-state index contributed by atoms with van der Waals surface area (Å²) in [5, 5.41) is 3.01. The first-order valence-corrected chi connectivity index (χ1v) is 4.54. The Labute approximate surface area is 80.6 Å². The van der Waals surface area contributed by atoms with Crippen LogP contribution in [0, 0.1) is 5.92 Å². The van der Waals surface area contributed by atoms with Gasteiger partial charge < -0.3 is 5.32 Å². The van der Waals surface area contributed by atoms with Crippen molar-refractivity contribution < 1.29 is 8.78 Å². The van der Waals surface area contributed by atoms with Crippen molar-refractivity contribution in [2.45, 2.75) is 25.8 Å². The lowest BCUT2D eigenvalue weighted by atomic mass is 10.4. The first-order chi connectivity index (χ1) is 6.66. The van der Waals surface area contributed by atoms with Crippen LogP contribution in [0.1, 0.15) is 25.5 Å². The fourth-order valence-corrected chi connectivity index (χ4v) is 1.25. The molecule has 0 aromatic carbocycles. The number of anilines is 1. The van der Waals surface area contributed by atoms with Gasteiger partial charge in [0, 0.05) is 12.2 Å². The minimum atomic E-state index is -2.53. The summed E-state index contributed by atoms with van der Waals surface area (Å²) in [4.78, 5) is 7.60. The van der Waals surface area contributed by atoms with Crippen LogP contribution in [0.5, 0.6) is 0 Å². The van der Waals surface area contributed by atoms with E-state index in [9.17, 15) is 8.78 Å². The molecule has 1 aromatic heterocycles. The largest absolute Gasteiger partial charge is 0.351 e. The zero-order valence-corrected chi connectivity index (χ0v) is 7.74. The Morgan fingerprint density at radius 2 is 2.29 bits per heavy atom. The van der Waals surface area contributed by atoms with Crippen LogP contribution < -0.4 is 5.32 Å². The van der Waals surface area contributed by atoms with Crippen molar-refractivity contribution >= 4 is 5.95 Å². The second-order valence-corrected chi connectivity index (χ2v) is 3.57.